The van der Waals surface area contributed by atoms with Crippen molar-refractivity contribution < 1.29 is 4.42 Å². The SMILES string of the molecule is CC(CN)c1nc2cc(Cl)cc(Cl)c2o1. The van der Waals surface area contributed by atoms with Crippen molar-refractivity contribution in [2.45, 2.75) is 12.8 Å². The van der Waals surface area contributed by atoms with Crippen molar-refractivity contribution in [2.24, 2.45) is 5.73 Å². The van der Waals surface area contributed by atoms with Crippen LogP contribution in [-0.2, 0) is 0 Å². The largest absolute Gasteiger partial charge is 0.439 e. The number of hydrogen-bond donors (Lipinski definition) is 1. The number of hydrogen-bond acceptors (Lipinski definition) is 3. The number of nitrogens with two attached hydrogens (primary N) is 1. The first-order chi connectivity index (χ1) is 7.11. The van der Waals surface area contributed by atoms with E-state index in [0.717, 1.165) is 0 Å². The smallest absolute Gasteiger partial charge is 0.199 e. The molecule has 1 unspecified atom stereocenters. The summed E-state index contributed by atoms with van der Waals surface area (Å²) in [5.41, 5.74) is 6.77. The van der Waals surface area contributed by atoms with E-state index in [1.807, 2.05) is 6.92 Å². The molecule has 0 spiro atoms. The first-order valence-corrected chi connectivity index (χ1v) is 5.33. The van der Waals surface area contributed by atoms with Gasteiger partial charge >= 0.3 is 0 Å². The Kier molecular flexibility index (Phi) is 2.87. The zero-order valence-electron chi connectivity index (χ0n) is 8.13. The summed E-state index contributed by atoms with van der Waals surface area (Å²) < 4.78 is 5.52. The lowest BCUT2D eigenvalue weighted by atomic mass is 10.2. The topological polar surface area (TPSA) is 52.0 Å². The maximum Gasteiger partial charge on any atom is 0.199 e. The molecule has 0 saturated heterocycles. The second kappa shape index (κ2) is 4.00. The van der Waals surface area contributed by atoms with E-state index < -0.39 is 0 Å². The summed E-state index contributed by atoms with van der Waals surface area (Å²) in [4.78, 5) is 4.29. The van der Waals surface area contributed by atoms with Gasteiger partial charge in [0.2, 0.25) is 0 Å². The quantitative estimate of drug-likeness (QED) is 0.883. The Hall–Kier alpha value is -0.770. The average molecular weight is 245 g/mol. The van der Waals surface area contributed by atoms with E-state index in [1.165, 1.54) is 0 Å². The van der Waals surface area contributed by atoms with Gasteiger partial charge < -0.3 is 10.2 Å². The van der Waals surface area contributed by atoms with Gasteiger partial charge in [0.25, 0.3) is 0 Å². The zero-order valence-corrected chi connectivity index (χ0v) is 9.64. The highest BCUT2D eigenvalue weighted by Crippen LogP contribution is 2.30. The molecule has 2 N–H and O–H groups in total. The normalized spacial score (nSPS) is 13.3. The summed E-state index contributed by atoms with van der Waals surface area (Å²) in [6.45, 7) is 2.43. The van der Waals surface area contributed by atoms with Crippen LogP contribution in [-0.4, -0.2) is 11.5 Å². The number of fused-ring (bicyclic) bond motifs is 1. The van der Waals surface area contributed by atoms with Gasteiger partial charge in [0.05, 0.1) is 5.02 Å². The van der Waals surface area contributed by atoms with Crippen LogP contribution in [0.3, 0.4) is 0 Å². The van der Waals surface area contributed by atoms with Crippen LogP contribution >= 0.6 is 23.2 Å². The number of nitrogens with zero attached hydrogens (tertiary/aromatic N) is 1. The van der Waals surface area contributed by atoms with Crippen molar-refractivity contribution in [3.63, 3.8) is 0 Å². The zero-order chi connectivity index (χ0) is 11.0. The van der Waals surface area contributed by atoms with Gasteiger partial charge in [-0.2, -0.15) is 0 Å². The van der Waals surface area contributed by atoms with Gasteiger partial charge in [-0.1, -0.05) is 30.1 Å². The lowest BCUT2D eigenvalue weighted by Gasteiger charge is -2.00. The minimum absolute atomic E-state index is 0.0762. The standard InChI is InChI=1S/C10H10Cl2N2O/c1-5(4-13)10-14-8-3-6(11)2-7(12)9(8)15-10/h2-3,5H,4,13H2,1H3. The van der Waals surface area contributed by atoms with Crippen molar-refractivity contribution in [1.29, 1.82) is 0 Å². The predicted molar refractivity (Wildman–Crippen MR) is 61.5 cm³/mol. The maximum atomic E-state index is 5.97. The molecule has 80 valence electrons. The second-order valence-electron chi connectivity index (χ2n) is 3.42. The highest BCUT2D eigenvalue weighted by molar-refractivity contribution is 6.37. The van der Waals surface area contributed by atoms with Gasteiger partial charge in [0.1, 0.15) is 5.52 Å². The van der Waals surface area contributed by atoms with Crippen molar-refractivity contribution in [3.05, 3.63) is 28.1 Å². The van der Waals surface area contributed by atoms with Gasteiger partial charge in [-0.25, -0.2) is 4.98 Å². The average Bonchev–Trinajstić information content (AvgIpc) is 2.60. The first-order valence-electron chi connectivity index (χ1n) is 4.57. The molecule has 0 bridgehead atoms. The molecule has 0 amide bonds. The van der Waals surface area contributed by atoms with Crippen LogP contribution < -0.4 is 5.73 Å². The van der Waals surface area contributed by atoms with Gasteiger partial charge in [-0.15, -0.1) is 0 Å². The fourth-order valence-electron chi connectivity index (χ4n) is 1.29. The third-order valence-corrected chi connectivity index (χ3v) is 2.70. The van der Waals surface area contributed by atoms with E-state index in [4.69, 9.17) is 33.4 Å². The molecule has 2 aromatic rings. The highest BCUT2D eigenvalue weighted by atomic mass is 35.5. The number of benzene rings is 1. The molecule has 0 aliphatic rings. The molecule has 0 saturated carbocycles. The van der Waals surface area contributed by atoms with E-state index in [0.29, 0.717) is 33.6 Å². The lowest BCUT2D eigenvalue weighted by molar-refractivity contribution is 0.489. The second-order valence-corrected chi connectivity index (χ2v) is 4.27. The van der Waals surface area contributed by atoms with Crippen LogP contribution in [0.15, 0.2) is 16.5 Å². The van der Waals surface area contributed by atoms with E-state index in [9.17, 15) is 0 Å². The van der Waals surface area contributed by atoms with Crippen LogP contribution in [0.1, 0.15) is 18.7 Å². The molecular weight excluding hydrogens is 235 g/mol. The van der Waals surface area contributed by atoms with Crippen LogP contribution in [0.2, 0.25) is 10.0 Å². The van der Waals surface area contributed by atoms with E-state index in [2.05, 4.69) is 4.98 Å². The van der Waals surface area contributed by atoms with E-state index >= 15 is 0 Å². The predicted octanol–water partition coefficient (Wildman–Crippen LogP) is 3.20. The Morgan fingerprint density at radius 2 is 2.20 bits per heavy atom. The monoisotopic (exact) mass is 244 g/mol. The third-order valence-electron chi connectivity index (χ3n) is 2.20. The number of aromatic nitrogens is 1. The molecule has 1 heterocycles. The molecular formula is C10H10Cl2N2O. The highest BCUT2D eigenvalue weighted by Gasteiger charge is 2.14. The van der Waals surface area contributed by atoms with Crippen LogP contribution in [0.25, 0.3) is 11.1 Å². The molecule has 0 fully saturated rings. The van der Waals surface area contributed by atoms with E-state index in [-0.39, 0.29) is 5.92 Å². The Morgan fingerprint density at radius 1 is 1.47 bits per heavy atom. The van der Waals surface area contributed by atoms with Crippen molar-refractivity contribution in [2.75, 3.05) is 6.54 Å². The Balaban J connectivity index is 2.60. The number of halogens is 2. The van der Waals surface area contributed by atoms with Crippen molar-refractivity contribution >= 4 is 34.3 Å². The lowest BCUT2D eigenvalue weighted by Crippen LogP contribution is -2.08. The molecule has 0 aliphatic carbocycles. The molecule has 15 heavy (non-hydrogen) atoms. The van der Waals surface area contributed by atoms with E-state index in [1.54, 1.807) is 12.1 Å². The summed E-state index contributed by atoms with van der Waals surface area (Å²) in [6.07, 6.45) is 0. The molecule has 1 aromatic carbocycles. The minimum atomic E-state index is 0.0762. The first kappa shape index (κ1) is 10.7. The Bertz CT molecular complexity index is 495. The van der Waals surface area contributed by atoms with Gasteiger partial charge in [0.15, 0.2) is 11.5 Å². The number of oxazole rings is 1. The third kappa shape index (κ3) is 1.95. The van der Waals surface area contributed by atoms with Crippen LogP contribution in [0.5, 0.6) is 0 Å². The van der Waals surface area contributed by atoms with Gasteiger partial charge in [-0.05, 0) is 12.1 Å². The maximum absolute atomic E-state index is 5.97. The summed E-state index contributed by atoms with van der Waals surface area (Å²) >= 11 is 11.8. The molecule has 3 nitrogen and oxygen atoms in total. The van der Waals surface area contributed by atoms with Crippen molar-refractivity contribution in [3.8, 4) is 0 Å². The van der Waals surface area contributed by atoms with Gasteiger partial charge in [0, 0.05) is 17.5 Å². The van der Waals surface area contributed by atoms with Crippen LogP contribution in [0.4, 0.5) is 0 Å². The summed E-state index contributed by atoms with van der Waals surface area (Å²) in [5.74, 6) is 0.670. The molecule has 5 heteroatoms. The molecule has 2 rings (SSSR count). The summed E-state index contributed by atoms with van der Waals surface area (Å²) in [7, 11) is 0. The summed E-state index contributed by atoms with van der Waals surface area (Å²) in [6, 6.07) is 3.35. The van der Waals surface area contributed by atoms with Gasteiger partial charge in [-0.3, -0.25) is 0 Å². The van der Waals surface area contributed by atoms with Crippen LogP contribution in [0, 0.1) is 0 Å². The minimum Gasteiger partial charge on any atom is -0.439 e. The molecule has 1 aromatic heterocycles. The fraction of sp³-hybridized carbons (Fsp3) is 0.300. The molecule has 1 atom stereocenters. The Morgan fingerprint density at radius 3 is 2.87 bits per heavy atom. The summed E-state index contributed by atoms with van der Waals surface area (Å²) in [5, 5.41) is 1.02. The molecule has 0 aliphatic heterocycles. The fourth-order valence-corrected chi connectivity index (χ4v) is 1.81. The number of rotatable bonds is 2. The molecule has 0 radical (unpaired) electrons. The Labute approximate surface area is 97.2 Å². The van der Waals surface area contributed by atoms with Crippen molar-refractivity contribution in [1.82, 2.24) is 4.98 Å².